The monoisotopic (exact) mass is 591 g/mol. The maximum Gasteiger partial charge on any atom is 0.324 e. The molecule has 0 radical (unpaired) electrons. The molecule has 1 amide bonds. The van der Waals surface area contributed by atoms with Crippen LogP contribution in [0.1, 0.15) is 32.1 Å². The number of carboxylic acids is 1. The summed E-state index contributed by atoms with van der Waals surface area (Å²) in [5.74, 6) is -0.231. The molecule has 2 aromatic carbocycles. The number of aromatic nitrogens is 1. The molecule has 5 rings (SSSR count). The molecule has 2 heterocycles. The highest BCUT2D eigenvalue weighted by molar-refractivity contribution is 7.89. The highest BCUT2D eigenvalue weighted by Gasteiger charge is 2.47. The number of hydrogen-bond donors (Lipinski definition) is 4. The summed E-state index contributed by atoms with van der Waals surface area (Å²) in [6, 6.07) is 18.4. The topological polar surface area (TPSA) is 159 Å². The number of nitrogens with one attached hydrogen (secondary N) is 3. The molecule has 2 atom stereocenters. The van der Waals surface area contributed by atoms with Crippen LogP contribution in [0.5, 0.6) is 0 Å². The normalized spacial score (nSPS) is 21.5. The molecule has 1 aromatic heterocycles. The Labute approximate surface area is 244 Å². The van der Waals surface area contributed by atoms with Crippen LogP contribution >= 0.6 is 0 Å². The van der Waals surface area contributed by atoms with Crippen molar-refractivity contribution < 1.29 is 28.0 Å². The number of sulfonamides is 1. The smallest absolute Gasteiger partial charge is 0.324 e. The summed E-state index contributed by atoms with van der Waals surface area (Å²) in [7, 11) is -4.26. The molecule has 220 valence electrons. The van der Waals surface area contributed by atoms with E-state index in [1.807, 2.05) is 48.5 Å². The first kappa shape index (κ1) is 29.2. The van der Waals surface area contributed by atoms with Crippen molar-refractivity contribution in [3.63, 3.8) is 0 Å². The number of carbonyl (C=O) groups excluding carboxylic acids is 1. The second kappa shape index (κ2) is 12.7. The Bertz CT molecular complexity index is 1510. The second-order valence-corrected chi connectivity index (χ2v) is 12.4. The quantitative estimate of drug-likeness (QED) is 0.233. The third-order valence-corrected chi connectivity index (χ3v) is 9.33. The van der Waals surface area contributed by atoms with E-state index in [9.17, 15) is 23.1 Å². The number of amides is 1. The molecule has 1 saturated carbocycles. The Balaban J connectivity index is 1.24. The minimum absolute atomic E-state index is 0.100. The molecule has 1 spiro atoms. The second-order valence-electron chi connectivity index (χ2n) is 10.7. The lowest BCUT2D eigenvalue weighted by molar-refractivity contribution is -0.139. The van der Waals surface area contributed by atoms with Crippen molar-refractivity contribution in [3.05, 3.63) is 79.0 Å². The number of nitrogens with zero attached hydrogens (tertiary/aromatic N) is 2. The largest absolute Gasteiger partial charge is 0.480 e. The standard InChI is InChI=1S/C30H33N5O6S/c36-20-33-27(25-18-30(41-34-25)15-13-21(14-16-30)19-32-26-8-4-5-17-31-26)28(29(37)38)35-42(39,40)24-11-9-23(10-12-24)22-6-2-1-3-7-22/h1-12,17,20-21,27-28,35H,13-16,18-19H2,(H,31,32)(H,33,36)(H,37,38)/t21?,27?,28-,30?/m0/s1. The Kier molecular flexibility index (Phi) is 8.83. The van der Waals surface area contributed by atoms with E-state index in [1.54, 1.807) is 18.3 Å². The third-order valence-electron chi connectivity index (χ3n) is 7.87. The fourth-order valence-corrected chi connectivity index (χ4v) is 6.72. The van der Waals surface area contributed by atoms with Gasteiger partial charge in [-0.15, -0.1) is 0 Å². The first-order valence-electron chi connectivity index (χ1n) is 13.8. The van der Waals surface area contributed by atoms with Gasteiger partial charge in [0.2, 0.25) is 16.4 Å². The molecular formula is C30H33N5O6S. The van der Waals surface area contributed by atoms with Crippen LogP contribution in [0.15, 0.2) is 89.0 Å². The average molecular weight is 592 g/mol. The number of carboxylic acid groups (broad SMARTS) is 1. The lowest BCUT2D eigenvalue weighted by Gasteiger charge is -2.35. The summed E-state index contributed by atoms with van der Waals surface area (Å²) in [4.78, 5) is 33.9. The molecular weight excluding hydrogens is 558 g/mol. The van der Waals surface area contributed by atoms with Crippen LogP contribution in [-0.2, 0) is 24.4 Å². The molecule has 3 aromatic rings. The Morgan fingerprint density at radius 1 is 1.02 bits per heavy atom. The number of benzene rings is 2. The number of aliphatic carboxylic acids is 1. The summed E-state index contributed by atoms with van der Waals surface area (Å²) in [6.45, 7) is 0.769. The van der Waals surface area contributed by atoms with Crippen LogP contribution in [0, 0.1) is 5.92 Å². The highest BCUT2D eigenvalue weighted by atomic mass is 32.2. The third kappa shape index (κ3) is 6.77. The van der Waals surface area contributed by atoms with E-state index in [2.05, 4.69) is 25.5 Å². The number of carbonyl (C=O) groups is 2. The van der Waals surface area contributed by atoms with Crippen molar-refractivity contribution in [2.75, 3.05) is 11.9 Å². The molecule has 0 bridgehead atoms. The van der Waals surface area contributed by atoms with Gasteiger partial charge in [0.05, 0.1) is 16.6 Å². The highest BCUT2D eigenvalue weighted by Crippen LogP contribution is 2.41. The van der Waals surface area contributed by atoms with Crippen LogP contribution < -0.4 is 15.4 Å². The summed E-state index contributed by atoms with van der Waals surface area (Å²) in [5, 5.41) is 20.0. The molecule has 1 aliphatic carbocycles. The van der Waals surface area contributed by atoms with E-state index in [0.29, 0.717) is 25.2 Å². The minimum atomic E-state index is -4.26. The number of hydrogen-bond acceptors (Lipinski definition) is 8. The summed E-state index contributed by atoms with van der Waals surface area (Å²) in [6.07, 6.45) is 5.48. The fraction of sp³-hybridized carbons (Fsp3) is 0.333. The van der Waals surface area contributed by atoms with Crippen LogP contribution in [0.2, 0.25) is 0 Å². The first-order valence-corrected chi connectivity index (χ1v) is 15.3. The van der Waals surface area contributed by atoms with Gasteiger partial charge in [-0.3, -0.25) is 9.59 Å². The first-order chi connectivity index (χ1) is 20.3. The Morgan fingerprint density at radius 2 is 1.71 bits per heavy atom. The van der Waals surface area contributed by atoms with Gasteiger partial charge in [-0.2, -0.15) is 4.72 Å². The molecule has 1 unspecified atom stereocenters. The molecule has 1 fully saturated rings. The maximum atomic E-state index is 13.2. The van der Waals surface area contributed by atoms with Gasteiger partial charge in [0.25, 0.3) is 0 Å². The Morgan fingerprint density at radius 3 is 2.36 bits per heavy atom. The fourth-order valence-electron chi connectivity index (χ4n) is 5.52. The van der Waals surface area contributed by atoms with E-state index >= 15 is 0 Å². The van der Waals surface area contributed by atoms with Crippen molar-refractivity contribution in [2.24, 2.45) is 11.1 Å². The van der Waals surface area contributed by atoms with E-state index in [4.69, 9.17) is 4.84 Å². The number of rotatable bonds is 12. The number of anilines is 1. The van der Waals surface area contributed by atoms with Gasteiger partial charge in [-0.25, -0.2) is 13.4 Å². The zero-order valence-electron chi connectivity index (χ0n) is 22.8. The molecule has 0 saturated heterocycles. The average Bonchev–Trinajstić information content (AvgIpc) is 3.42. The number of pyridine rings is 1. The van der Waals surface area contributed by atoms with Gasteiger partial charge < -0.3 is 20.6 Å². The lowest BCUT2D eigenvalue weighted by atomic mass is 9.75. The lowest BCUT2D eigenvalue weighted by Crippen LogP contribution is -2.57. The van der Waals surface area contributed by atoms with E-state index in [-0.39, 0.29) is 17.0 Å². The molecule has 12 heteroatoms. The maximum absolute atomic E-state index is 13.2. The Hall–Kier alpha value is -4.29. The van der Waals surface area contributed by atoms with E-state index < -0.39 is 33.7 Å². The van der Waals surface area contributed by atoms with Crippen molar-refractivity contribution in [1.82, 2.24) is 15.0 Å². The van der Waals surface area contributed by atoms with Crippen molar-refractivity contribution in [3.8, 4) is 11.1 Å². The predicted octanol–water partition coefficient (Wildman–Crippen LogP) is 3.41. The van der Waals surface area contributed by atoms with Crippen molar-refractivity contribution in [2.45, 2.75) is 54.7 Å². The zero-order valence-corrected chi connectivity index (χ0v) is 23.7. The van der Waals surface area contributed by atoms with Crippen molar-refractivity contribution in [1.29, 1.82) is 0 Å². The number of oxime groups is 1. The van der Waals surface area contributed by atoms with Crippen molar-refractivity contribution >= 4 is 33.9 Å². The van der Waals surface area contributed by atoms with Gasteiger partial charge in [0.15, 0.2) is 0 Å². The minimum Gasteiger partial charge on any atom is -0.480 e. The van der Waals surface area contributed by atoms with Gasteiger partial charge in [-0.05, 0) is 67.0 Å². The molecule has 1 aliphatic heterocycles. The molecule has 11 nitrogen and oxygen atoms in total. The van der Waals surface area contributed by atoms with Crippen LogP contribution in [0.25, 0.3) is 11.1 Å². The van der Waals surface area contributed by atoms with Gasteiger partial charge in [0, 0.05) is 19.2 Å². The SMILES string of the molecule is O=CNC(C1=NOC2(CCC(CNc3ccccn3)CC2)C1)[C@H](NS(=O)(=O)c1ccc(-c2ccccc2)cc1)C(=O)O. The van der Waals surface area contributed by atoms with E-state index in [1.165, 1.54) is 12.1 Å². The summed E-state index contributed by atoms with van der Waals surface area (Å²) >= 11 is 0. The molecule has 4 N–H and O–H groups in total. The van der Waals surface area contributed by atoms with Gasteiger partial charge in [-0.1, -0.05) is 53.7 Å². The molecule has 42 heavy (non-hydrogen) atoms. The van der Waals surface area contributed by atoms with Crippen LogP contribution in [0.4, 0.5) is 5.82 Å². The predicted molar refractivity (Wildman–Crippen MR) is 157 cm³/mol. The molecule has 2 aliphatic rings. The zero-order chi connectivity index (χ0) is 29.6. The van der Waals surface area contributed by atoms with Crippen LogP contribution in [0.3, 0.4) is 0 Å². The van der Waals surface area contributed by atoms with Gasteiger partial charge >= 0.3 is 5.97 Å². The van der Waals surface area contributed by atoms with Crippen LogP contribution in [-0.4, -0.2) is 60.8 Å². The summed E-state index contributed by atoms with van der Waals surface area (Å²) in [5.41, 5.74) is 1.39. The van der Waals surface area contributed by atoms with Gasteiger partial charge in [0.1, 0.15) is 17.5 Å². The van der Waals surface area contributed by atoms with E-state index in [0.717, 1.165) is 36.3 Å². The summed E-state index contributed by atoms with van der Waals surface area (Å²) < 4.78 is 28.7.